The third-order valence-electron chi connectivity index (χ3n) is 4.29. The first kappa shape index (κ1) is 14.8. The summed E-state index contributed by atoms with van der Waals surface area (Å²) < 4.78 is 0. The summed E-state index contributed by atoms with van der Waals surface area (Å²) in [6.45, 7) is 6.28. The van der Waals surface area contributed by atoms with E-state index < -0.39 is 0 Å². The van der Waals surface area contributed by atoms with Gasteiger partial charge in [0, 0.05) is 11.6 Å². The lowest BCUT2D eigenvalue weighted by Crippen LogP contribution is -2.35. The van der Waals surface area contributed by atoms with Crippen molar-refractivity contribution in [3.05, 3.63) is 27.9 Å². The van der Waals surface area contributed by atoms with Gasteiger partial charge in [-0.3, -0.25) is 10.1 Å². The van der Waals surface area contributed by atoms with Crippen LogP contribution in [0, 0.1) is 28.9 Å². The highest BCUT2D eigenvalue weighted by Gasteiger charge is 2.27. The van der Waals surface area contributed by atoms with Gasteiger partial charge in [-0.1, -0.05) is 26.7 Å². The minimum Gasteiger partial charge on any atom is -0.367 e. The molecule has 1 aliphatic rings. The van der Waals surface area contributed by atoms with Gasteiger partial charge in [0.25, 0.3) is 5.69 Å². The number of hydrogen-bond acceptors (Lipinski definition) is 4. The summed E-state index contributed by atoms with van der Waals surface area (Å²) in [6, 6.07) is 2.21. The monoisotopic (exact) mass is 277 g/mol. The lowest BCUT2D eigenvalue weighted by atomic mass is 9.78. The van der Waals surface area contributed by atoms with Gasteiger partial charge in [0.1, 0.15) is 12.0 Å². The Kier molecular flexibility index (Phi) is 4.57. The minimum absolute atomic E-state index is 0.0830. The van der Waals surface area contributed by atoms with Crippen LogP contribution in [0.3, 0.4) is 0 Å². The lowest BCUT2D eigenvalue weighted by molar-refractivity contribution is -0.385. The van der Waals surface area contributed by atoms with Crippen molar-refractivity contribution in [2.75, 3.05) is 5.32 Å². The Hall–Kier alpha value is -1.65. The van der Waals surface area contributed by atoms with Gasteiger partial charge in [-0.2, -0.15) is 0 Å². The van der Waals surface area contributed by atoms with Crippen LogP contribution >= 0.6 is 0 Å². The number of rotatable bonds is 4. The molecule has 0 saturated heterocycles. The molecule has 0 amide bonds. The topological polar surface area (TPSA) is 68.1 Å². The minimum atomic E-state index is -0.385. The molecule has 20 heavy (non-hydrogen) atoms. The fourth-order valence-electron chi connectivity index (χ4n) is 3.15. The Morgan fingerprint density at radius 1 is 1.40 bits per heavy atom. The standard InChI is InChI=1S/C15H23N3O2/c1-10(2)12-6-4-5-7-13(12)17-15-8-11(3)14(9-16-15)18(19)20/h8-10,12-13H,4-7H2,1-3H3,(H,16,17). The van der Waals surface area contributed by atoms with Crippen LogP contribution in [0.5, 0.6) is 0 Å². The number of hydrogen-bond donors (Lipinski definition) is 1. The van der Waals surface area contributed by atoms with E-state index in [1.165, 1.54) is 25.5 Å². The summed E-state index contributed by atoms with van der Waals surface area (Å²) in [4.78, 5) is 14.6. The number of anilines is 1. The van der Waals surface area contributed by atoms with E-state index in [-0.39, 0.29) is 10.6 Å². The molecule has 0 bridgehead atoms. The predicted octanol–water partition coefficient (Wildman–Crippen LogP) is 3.92. The van der Waals surface area contributed by atoms with Crippen molar-refractivity contribution in [3.8, 4) is 0 Å². The summed E-state index contributed by atoms with van der Waals surface area (Å²) in [7, 11) is 0. The van der Waals surface area contributed by atoms with E-state index in [9.17, 15) is 10.1 Å². The highest BCUT2D eigenvalue weighted by molar-refractivity contribution is 5.47. The zero-order valence-corrected chi connectivity index (χ0v) is 12.4. The highest BCUT2D eigenvalue weighted by Crippen LogP contribution is 2.32. The summed E-state index contributed by atoms with van der Waals surface area (Å²) >= 11 is 0. The fourth-order valence-corrected chi connectivity index (χ4v) is 3.15. The van der Waals surface area contributed by atoms with Gasteiger partial charge in [0.05, 0.1) is 4.92 Å². The molecule has 1 heterocycles. The molecule has 5 nitrogen and oxygen atoms in total. The van der Waals surface area contributed by atoms with Gasteiger partial charge in [0.15, 0.2) is 0 Å². The van der Waals surface area contributed by atoms with Crippen molar-refractivity contribution >= 4 is 11.5 Å². The molecule has 1 aromatic heterocycles. The molecule has 1 aromatic rings. The molecule has 0 aliphatic heterocycles. The first-order valence-electron chi connectivity index (χ1n) is 7.36. The average Bonchev–Trinajstić information content (AvgIpc) is 2.38. The summed E-state index contributed by atoms with van der Waals surface area (Å²) in [6.07, 6.45) is 6.30. The smallest absolute Gasteiger partial charge is 0.290 e. The van der Waals surface area contributed by atoms with Gasteiger partial charge in [0.2, 0.25) is 0 Å². The fraction of sp³-hybridized carbons (Fsp3) is 0.667. The van der Waals surface area contributed by atoms with Crippen LogP contribution in [0.15, 0.2) is 12.3 Å². The van der Waals surface area contributed by atoms with Crippen molar-refractivity contribution in [1.82, 2.24) is 4.98 Å². The number of aromatic nitrogens is 1. The lowest BCUT2D eigenvalue weighted by Gasteiger charge is -2.35. The molecule has 0 spiro atoms. The second-order valence-corrected chi connectivity index (χ2v) is 6.06. The zero-order chi connectivity index (χ0) is 14.7. The van der Waals surface area contributed by atoms with Crippen LogP contribution in [0.25, 0.3) is 0 Å². The van der Waals surface area contributed by atoms with Crippen LogP contribution < -0.4 is 5.32 Å². The highest BCUT2D eigenvalue weighted by atomic mass is 16.6. The largest absolute Gasteiger partial charge is 0.367 e. The normalized spacial score (nSPS) is 22.8. The van der Waals surface area contributed by atoms with E-state index in [2.05, 4.69) is 24.1 Å². The molecule has 1 fully saturated rings. The number of nitrogens with zero attached hydrogens (tertiary/aromatic N) is 2. The molecular weight excluding hydrogens is 254 g/mol. The number of nitrogens with one attached hydrogen (secondary N) is 1. The van der Waals surface area contributed by atoms with Crippen molar-refractivity contribution in [2.24, 2.45) is 11.8 Å². The second kappa shape index (κ2) is 6.20. The third-order valence-corrected chi connectivity index (χ3v) is 4.29. The summed E-state index contributed by atoms with van der Waals surface area (Å²) in [5.74, 6) is 2.05. The van der Waals surface area contributed by atoms with E-state index in [1.54, 1.807) is 13.0 Å². The van der Waals surface area contributed by atoms with Crippen molar-refractivity contribution in [1.29, 1.82) is 0 Å². The van der Waals surface area contributed by atoms with Gasteiger partial charge in [-0.05, 0) is 37.7 Å². The van der Waals surface area contributed by atoms with Crippen molar-refractivity contribution < 1.29 is 4.92 Å². The predicted molar refractivity (Wildman–Crippen MR) is 79.8 cm³/mol. The molecular formula is C15H23N3O2. The van der Waals surface area contributed by atoms with E-state index in [4.69, 9.17) is 0 Å². The molecule has 0 radical (unpaired) electrons. The Labute approximate surface area is 119 Å². The quantitative estimate of drug-likeness (QED) is 0.669. The first-order chi connectivity index (χ1) is 9.49. The number of nitro groups is 1. The van der Waals surface area contributed by atoms with Gasteiger partial charge < -0.3 is 5.32 Å². The average molecular weight is 277 g/mol. The Balaban J connectivity index is 2.12. The van der Waals surface area contributed by atoms with E-state index in [1.807, 2.05) is 0 Å². The summed E-state index contributed by atoms with van der Waals surface area (Å²) in [5, 5.41) is 14.3. The van der Waals surface area contributed by atoms with Gasteiger partial charge in [-0.25, -0.2) is 4.98 Å². The second-order valence-electron chi connectivity index (χ2n) is 6.06. The van der Waals surface area contributed by atoms with Crippen LogP contribution in [0.2, 0.25) is 0 Å². The molecule has 1 saturated carbocycles. The molecule has 5 heteroatoms. The van der Waals surface area contributed by atoms with E-state index in [0.717, 1.165) is 12.2 Å². The van der Waals surface area contributed by atoms with Gasteiger partial charge in [-0.15, -0.1) is 0 Å². The molecule has 2 rings (SSSR count). The van der Waals surface area contributed by atoms with Crippen LogP contribution in [-0.4, -0.2) is 15.9 Å². The van der Waals surface area contributed by atoms with Crippen LogP contribution in [0.1, 0.15) is 45.1 Å². The van der Waals surface area contributed by atoms with Crippen LogP contribution in [-0.2, 0) is 0 Å². The maximum atomic E-state index is 10.8. The maximum Gasteiger partial charge on any atom is 0.290 e. The molecule has 2 unspecified atom stereocenters. The zero-order valence-electron chi connectivity index (χ0n) is 12.4. The Morgan fingerprint density at radius 3 is 2.70 bits per heavy atom. The van der Waals surface area contributed by atoms with Crippen molar-refractivity contribution in [3.63, 3.8) is 0 Å². The maximum absolute atomic E-state index is 10.8. The molecule has 0 aromatic carbocycles. The van der Waals surface area contributed by atoms with Crippen molar-refractivity contribution in [2.45, 2.75) is 52.5 Å². The SMILES string of the molecule is Cc1cc(NC2CCCCC2C(C)C)ncc1[N+](=O)[O-]. The number of pyridine rings is 1. The first-order valence-corrected chi connectivity index (χ1v) is 7.36. The molecule has 1 aliphatic carbocycles. The number of aryl methyl sites for hydroxylation is 1. The Morgan fingerprint density at radius 2 is 2.10 bits per heavy atom. The van der Waals surface area contributed by atoms with E-state index >= 15 is 0 Å². The van der Waals surface area contributed by atoms with E-state index in [0.29, 0.717) is 23.4 Å². The molecule has 2 atom stereocenters. The van der Waals surface area contributed by atoms with Gasteiger partial charge >= 0.3 is 0 Å². The Bertz CT molecular complexity index is 488. The third kappa shape index (κ3) is 3.26. The van der Waals surface area contributed by atoms with Crippen LogP contribution in [0.4, 0.5) is 11.5 Å². The summed E-state index contributed by atoms with van der Waals surface area (Å²) in [5.41, 5.74) is 0.740. The molecule has 110 valence electrons. The molecule has 1 N–H and O–H groups in total.